The van der Waals surface area contributed by atoms with Crippen LogP contribution in [0.4, 0.5) is 0 Å². The van der Waals surface area contributed by atoms with Crippen LogP contribution in [0, 0.1) is 12.8 Å². The van der Waals surface area contributed by atoms with Crippen molar-refractivity contribution in [2.45, 2.75) is 26.7 Å². The number of benzene rings is 1. The van der Waals surface area contributed by atoms with E-state index in [1.807, 2.05) is 13.8 Å². The topological polar surface area (TPSA) is 37.4 Å². The fraction of sp³-hybridized carbons (Fsp3) is 0.467. The first-order valence-electron chi connectivity index (χ1n) is 6.61. The van der Waals surface area contributed by atoms with E-state index in [0.29, 0.717) is 30.1 Å². The maximum Gasteiger partial charge on any atom is 0.254 e. The van der Waals surface area contributed by atoms with E-state index in [2.05, 4.69) is 0 Å². The number of hydrogen-bond donors (Lipinski definition) is 0. The maximum atomic E-state index is 12.5. The Morgan fingerprint density at radius 2 is 2.21 bits per heavy atom. The number of nitrogens with zero attached hydrogens (tertiary/aromatic N) is 1. The minimum Gasteiger partial charge on any atom is -0.337 e. The highest BCUT2D eigenvalue weighted by Gasteiger charge is 2.29. The first-order valence-corrected chi connectivity index (χ1v) is 6.99. The average molecular weight is 280 g/mol. The largest absolute Gasteiger partial charge is 0.337 e. The summed E-state index contributed by atoms with van der Waals surface area (Å²) in [6.45, 7) is 4.88. The van der Waals surface area contributed by atoms with E-state index >= 15 is 0 Å². The summed E-state index contributed by atoms with van der Waals surface area (Å²) in [7, 11) is 0. The van der Waals surface area contributed by atoms with Crippen LogP contribution < -0.4 is 0 Å². The Kier molecular flexibility index (Phi) is 4.25. The molecule has 4 heteroatoms. The van der Waals surface area contributed by atoms with E-state index in [0.717, 1.165) is 12.0 Å². The van der Waals surface area contributed by atoms with Gasteiger partial charge in [0.15, 0.2) is 0 Å². The maximum absolute atomic E-state index is 12.5. The second-order valence-corrected chi connectivity index (χ2v) is 5.39. The summed E-state index contributed by atoms with van der Waals surface area (Å²) in [5.41, 5.74) is 1.44. The predicted octanol–water partition coefficient (Wildman–Crippen LogP) is 3.09. The van der Waals surface area contributed by atoms with Gasteiger partial charge in [0.25, 0.3) is 5.91 Å². The molecule has 0 radical (unpaired) electrons. The lowest BCUT2D eigenvalue weighted by Gasteiger charge is -2.31. The average Bonchev–Trinajstić information content (AvgIpc) is 2.41. The number of rotatable bonds is 2. The van der Waals surface area contributed by atoms with Gasteiger partial charge in [-0.1, -0.05) is 24.6 Å². The molecule has 0 saturated carbocycles. The highest BCUT2D eigenvalue weighted by atomic mass is 35.5. The summed E-state index contributed by atoms with van der Waals surface area (Å²) in [6, 6.07) is 5.36. The highest BCUT2D eigenvalue weighted by molar-refractivity contribution is 6.31. The standard InChI is InChI=1S/C15H18ClNO2/c1-3-11-9-17(8-7-14(11)18)15(19)12-5-4-6-13(16)10(12)2/h4-6,11H,3,7-9H2,1-2H3. The van der Waals surface area contributed by atoms with Crippen LogP contribution in [0.2, 0.25) is 5.02 Å². The molecule has 0 spiro atoms. The third-order valence-corrected chi connectivity index (χ3v) is 4.21. The van der Waals surface area contributed by atoms with Crippen molar-refractivity contribution in [3.05, 3.63) is 34.3 Å². The molecule has 19 heavy (non-hydrogen) atoms. The Morgan fingerprint density at radius 1 is 1.47 bits per heavy atom. The van der Waals surface area contributed by atoms with Crippen molar-refractivity contribution >= 4 is 23.3 Å². The Bertz CT molecular complexity index is 513. The van der Waals surface area contributed by atoms with Gasteiger partial charge in [-0.2, -0.15) is 0 Å². The van der Waals surface area contributed by atoms with Gasteiger partial charge in [-0.05, 0) is 31.0 Å². The van der Waals surface area contributed by atoms with E-state index in [4.69, 9.17) is 11.6 Å². The number of hydrogen-bond acceptors (Lipinski definition) is 2. The summed E-state index contributed by atoms with van der Waals surface area (Å²) in [5.74, 6) is 0.234. The number of carbonyl (C=O) groups excluding carboxylic acids is 2. The monoisotopic (exact) mass is 279 g/mol. The molecular formula is C15H18ClNO2. The number of piperidine rings is 1. The zero-order chi connectivity index (χ0) is 14.0. The molecule has 0 aliphatic carbocycles. The molecule has 0 N–H and O–H groups in total. The number of ketones is 1. The summed E-state index contributed by atoms with van der Waals surface area (Å²) >= 11 is 6.05. The van der Waals surface area contributed by atoms with Gasteiger partial charge in [0.2, 0.25) is 0 Å². The van der Waals surface area contributed by atoms with Gasteiger partial charge in [0.1, 0.15) is 5.78 Å². The summed E-state index contributed by atoms with van der Waals surface area (Å²) in [4.78, 5) is 26.0. The first kappa shape index (κ1) is 14.1. The molecule has 1 amide bonds. The second kappa shape index (κ2) is 5.74. The molecule has 102 valence electrons. The molecule has 3 nitrogen and oxygen atoms in total. The Hall–Kier alpha value is -1.35. The van der Waals surface area contributed by atoms with Crippen molar-refractivity contribution in [1.29, 1.82) is 0 Å². The Morgan fingerprint density at radius 3 is 2.89 bits per heavy atom. The van der Waals surface area contributed by atoms with Gasteiger partial charge in [-0.15, -0.1) is 0 Å². The van der Waals surface area contributed by atoms with Gasteiger partial charge in [0.05, 0.1) is 0 Å². The minimum absolute atomic E-state index is 0.0165. The summed E-state index contributed by atoms with van der Waals surface area (Å²) < 4.78 is 0. The van der Waals surface area contributed by atoms with E-state index in [1.54, 1.807) is 23.1 Å². The van der Waals surface area contributed by atoms with Crippen LogP contribution in [0.1, 0.15) is 35.7 Å². The molecule has 1 unspecified atom stereocenters. The molecular weight excluding hydrogens is 262 g/mol. The summed E-state index contributed by atoms with van der Waals surface area (Å²) in [5, 5.41) is 0.603. The molecule has 1 atom stereocenters. The quantitative estimate of drug-likeness (QED) is 0.834. The third-order valence-electron chi connectivity index (χ3n) is 3.80. The molecule has 1 aromatic rings. The van der Waals surface area contributed by atoms with E-state index < -0.39 is 0 Å². The number of carbonyl (C=O) groups is 2. The Balaban J connectivity index is 2.20. The van der Waals surface area contributed by atoms with Gasteiger partial charge in [-0.3, -0.25) is 9.59 Å². The van der Waals surface area contributed by atoms with Crippen LogP contribution in [0.3, 0.4) is 0 Å². The SMILES string of the molecule is CCC1CN(C(=O)c2cccc(Cl)c2C)CCC1=O. The molecule has 1 aliphatic rings. The molecule has 0 aromatic heterocycles. The van der Waals surface area contributed by atoms with E-state index in [9.17, 15) is 9.59 Å². The first-order chi connectivity index (χ1) is 9.04. The number of amides is 1. The molecule has 2 rings (SSSR count). The smallest absolute Gasteiger partial charge is 0.254 e. The summed E-state index contributed by atoms with van der Waals surface area (Å²) in [6.07, 6.45) is 1.25. The molecule has 1 aliphatic heterocycles. The van der Waals surface area contributed by atoms with Crippen molar-refractivity contribution in [3.63, 3.8) is 0 Å². The zero-order valence-corrected chi connectivity index (χ0v) is 12.0. The molecule has 1 heterocycles. The Labute approximate surface area is 118 Å². The number of halogens is 1. The van der Waals surface area contributed by atoms with Crippen molar-refractivity contribution in [1.82, 2.24) is 4.90 Å². The fourth-order valence-electron chi connectivity index (χ4n) is 2.46. The number of Topliss-reactive ketones (excluding diaryl/α,β-unsaturated/α-hetero) is 1. The predicted molar refractivity (Wildman–Crippen MR) is 75.5 cm³/mol. The molecule has 1 fully saturated rings. The molecule has 0 bridgehead atoms. The van der Waals surface area contributed by atoms with Crippen molar-refractivity contribution in [2.24, 2.45) is 5.92 Å². The van der Waals surface area contributed by atoms with Gasteiger partial charge in [0, 0.05) is 36.0 Å². The van der Waals surface area contributed by atoms with E-state index in [1.165, 1.54) is 0 Å². The van der Waals surface area contributed by atoms with Crippen LogP contribution in [-0.2, 0) is 4.79 Å². The van der Waals surface area contributed by atoms with Gasteiger partial charge >= 0.3 is 0 Å². The lowest BCUT2D eigenvalue weighted by Crippen LogP contribution is -2.44. The third kappa shape index (κ3) is 2.81. The second-order valence-electron chi connectivity index (χ2n) is 4.99. The van der Waals surface area contributed by atoms with Crippen molar-refractivity contribution < 1.29 is 9.59 Å². The van der Waals surface area contributed by atoms with Gasteiger partial charge in [-0.25, -0.2) is 0 Å². The van der Waals surface area contributed by atoms with Crippen LogP contribution in [0.25, 0.3) is 0 Å². The van der Waals surface area contributed by atoms with Crippen LogP contribution in [-0.4, -0.2) is 29.7 Å². The molecule has 1 saturated heterocycles. The van der Waals surface area contributed by atoms with Crippen LogP contribution in [0.5, 0.6) is 0 Å². The van der Waals surface area contributed by atoms with Crippen LogP contribution >= 0.6 is 11.6 Å². The lowest BCUT2D eigenvalue weighted by atomic mass is 9.93. The van der Waals surface area contributed by atoms with Crippen molar-refractivity contribution in [2.75, 3.05) is 13.1 Å². The normalized spacial score (nSPS) is 19.6. The highest BCUT2D eigenvalue weighted by Crippen LogP contribution is 2.23. The van der Waals surface area contributed by atoms with E-state index in [-0.39, 0.29) is 17.6 Å². The van der Waals surface area contributed by atoms with Gasteiger partial charge < -0.3 is 4.90 Å². The number of likely N-dealkylation sites (tertiary alicyclic amines) is 1. The van der Waals surface area contributed by atoms with Crippen molar-refractivity contribution in [3.8, 4) is 0 Å². The molecule has 1 aromatic carbocycles. The minimum atomic E-state index is -0.0223. The zero-order valence-electron chi connectivity index (χ0n) is 11.3. The lowest BCUT2D eigenvalue weighted by molar-refractivity contribution is -0.125. The van der Waals surface area contributed by atoms with Crippen LogP contribution in [0.15, 0.2) is 18.2 Å². The fourth-order valence-corrected chi connectivity index (χ4v) is 2.63.